The third-order valence-corrected chi connectivity index (χ3v) is 5.36. The van der Waals surface area contributed by atoms with Crippen LogP contribution in [-0.2, 0) is 4.79 Å². The van der Waals surface area contributed by atoms with Gasteiger partial charge in [0.2, 0.25) is 11.9 Å². The normalized spacial score (nSPS) is 25.4. The van der Waals surface area contributed by atoms with Crippen LogP contribution in [0.3, 0.4) is 0 Å². The zero-order chi connectivity index (χ0) is 17.6. The molecule has 4 nitrogen and oxygen atoms in total. The maximum atomic E-state index is 13.5. The zero-order valence-electron chi connectivity index (χ0n) is 14.4. The van der Waals surface area contributed by atoms with Crippen LogP contribution >= 0.6 is 0 Å². The largest absolute Gasteiger partial charge is 0.363 e. The summed E-state index contributed by atoms with van der Waals surface area (Å²) >= 11 is 0. The van der Waals surface area contributed by atoms with Gasteiger partial charge < -0.3 is 10.2 Å². The highest BCUT2D eigenvalue weighted by Crippen LogP contribution is 2.49. The number of anilines is 2. The lowest BCUT2D eigenvalue weighted by molar-refractivity contribution is -0.117. The molecule has 2 aliphatic rings. The molecule has 1 saturated carbocycles. The van der Waals surface area contributed by atoms with Crippen LogP contribution in [0.1, 0.15) is 38.3 Å². The summed E-state index contributed by atoms with van der Waals surface area (Å²) in [5.41, 5.74) is 2.02. The molecule has 1 aliphatic carbocycles. The fourth-order valence-corrected chi connectivity index (χ4v) is 4.16. The van der Waals surface area contributed by atoms with Crippen LogP contribution in [0.2, 0.25) is 0 Å². The van der Waals surface area contributed by atoms with Gasteiger partial charge in [-0.25, -0.2) is 4.98 Å². The molecule has 0 bridgehead atoms. The topological polar surface area (TPSA) is 45.2 Å². The summed E-state index contributed by atoms with van der Waals surface area (Å²) in [5, 5.41) is 3.41. The van der Waals surface area contributed by atoms with Crippen LogP contribution in [0.25, 0.3) is 0 Å². The van der Waals surface area contributed by atoms with Gasteiger partial charge in [0, 0.05) is 24.6 Å². The standard InChI is InChI=1S/C20H22FN3O/c1-12-19(23-18-9-5-8-17(21)22-18)15-6-3-4-7-16(15)24(13(2)25)20(12)14-10-11-14/h3-9,12,14,19-20H,10-11H2,1-2H3,(H,22,23)/t12-,19-,20-/m1/s1. The number of hydrogen-bond acceptors (Lipinski definition) is 3. The lowest BCUT2D eigenvalue weighted by Gasteiger charge is -2.45. The van der Waals surface area contributed by atoms with Gasteiger partial charge in [0.1, 0.15) is 5.82 Å². The third-order valence-electron chi connectivity index (χ3n) is 5.36. The Labute approximate surface area is 147 Å². The zero-order valence-corrected chi connectivity index (χ0v) is 14.4. The van der Waals surface area contributed by atoms with Crippen molar-refractivity contribution in [3.8, 4) is 0 Å². The molecule has 0 spiro atoms. The molecule has 1 aromatic heterocycles. The fraction of sp³-hybridized carbons (Fsp3) is 0.400. The highest BCUT2D eigenvalue weighted by Gasteiger charge is 2.47. The van der Waals surface area contributed by atoms with Crippen molar-refractivity contribution in [3.05, 3.63) is 54.0 Å². The number of amides is 1. The summed E-state index contributed by atoms with van der Waals surface area (Å²) in [4.78, 5) is 18.3. The van der Waals surface area contributed by atoms with Crippen molar-refractivity contribution in [2.45, 2.75) is 38.8 Å². The van der Waals surface area contributed by atoms with Crippen molar-refractivity contribution in [1.82, 2.24) is 4.98 Å². The number of nitrogens with one attached hydrogen (secondary N) is 1. The maximum absolute atomic E-state index is 13.5. The molecule has 1 amide bonds. The van der Waals surface area contributed by atoms with E-state index < -0.39 is 5.95 Å². The average molecular weight is 339 g/mol. The second kappa shape index (κ2) is 6.14. The molecular weight excluding hydrogens is 317 g/mol. The molecule has 0 saturated heterocycles. The Morgan fingerprint density at radius 3 is 2.64 bits per heavy atom. The van der Waals surface area contributed by atoms with Crippen molar-refractivity contribution in [3.63, 3.8) is 0 Å². The first-order valence-corrected chi connectivity index (χ1v) is 8.84. The summed E-state index contributed by atoms with van der Waals surface area (Å²) in [6, 6.07) is 12.9. The number of hydrogen-bond donors (Lipinski definition) is 1. The van der Waals surface area contributed by atoms with E-state index in [0.717, 1.165) is 24.1 Å². The molecule has 1 aliphatic heterocycles. The molecule has 2 heterocycles. The Morgan fingerprint density at radius 1 is 1.20 bits per heavy atom. The Kier molecular flexibility index (Phi) is 3.94. The van der Waals surface area contributed by atoms with Crippen LogP contribution in [0.15, 0.2) is 42.5 Å². The summed E-state index contributed by atoms with van der Waals surface area (Å²) in [6.45, 7) is 3.81. The summed E-state index contributed by atoms with van der Waals surface area (Å²) in [5.74, 6) is 0.857. The van der Waals surface area contributed by atoms with Gasteiger partial charge in [-0.05, 0) is 42.5 Å². The molecule has 1 aromatic carbocycles. The van der Waals surface area contributed by atoms with Crippen molar-refractivity contribution < 1.29 is 9.18 Å². The van der Waals surface area contributed by atoms with Gasteiger partial charge in [0.25, 0.3) is 0 Å². The number of rotatable bonds is 3. The second-order valence-electron chi connectivity index (χ2n) is 7.10. The van der Waals surface area contributed by atoms with Gasteiger partial charge in [0.15, 0.2) is 0 Å². The van der Waals surface area contributed by atoms with Crippen LogP contribution in [0, 0.1) is 17.8 Å². The van der Waals surface area contributed by atoms with Crippen molar-refractivity contribution in [2.24, 2.45) is 11.8 Å². The molecule has 1 fully saturated rings. The number of pyridine rings is 1. The smallest absolute Gasteiger partial charge is 0.224 e. The molecule has 25 heavy (non-hydrogen) atoms. The predicted molar refractivity (Wildman–Crippen MR) is 95.8 cm³/mol. The monoisotopic (exact) mass is 339 g/mol. The minimum absolute atomic E-state index is 0.00769. The fourth-order valence-electron chi connectivity index (χ4n) is 4.16. The van der Waals surface area contributed by atoms with E-state index in [1.165, 1.54) is 6.07 Å². The van der Waals surface area contributed by atoms with Gasteiger partial charge in [-0.15, -0.1) is 0 Å². The number of carbonyl (C=O) groups is 1. The number of para-hydroxylation sites is 1. The van der Waals surface area contributed by atoms with Gasteiger partial charge in [-0.1, -0.05) is 31.2 Å². The Bertz CT molecular complexity index is 805. The first kappa shape index (κ1) is 16.1. The molecule has 1 N–H and O–H groups in total. The van der Waals surface area contributed by atoms with Crippen molar-refractivity contribution >= 4 is 17.4 Å². The SMILES string of the molecule is CC(=O)N1c2ccccc2[C@H](Nc2cccc(F)n2)[C@@H](C)[C@@H]1C1CC1. The molecule has 130 valence electrons. The summed E-state index contributed by atoms with van der Waals surface area (Å²) in [7, 11) is 0. The number of fused-ring (bicyclic) bond motifs is 1. The van der Waals surface area contributed by atoms with Crippen molar-refractivity contribution in [2.75, 3.05) is 10.2 Å². The van der Waals surface area contributed by atoms with Crippen LogP contribution in [-0.4, -0.2) is 16.9 Å². The van der Waals surface area contributed by atoms with E-state index >= 15 is 0 Å². The second-order valence-corrected chi connectivity index (χ2v) is 7.10. The average Bonchev–Trinajstić information content (AvgIpc) is 3.41. The van der Waals surface area contributed by atoms with Gasteiger partial charge >= 0.3 is 0 Å². The van der Waals surface area contributed by atoms with Crippen LogP contribution < -0.4 is 10.2 Å². The predicted octanol–water partition coefficient (Wildman–Crippen LogP) is 4.16. The van der Waals surface area contributed by atoms with E-state index in [-0.39, 0.29) is 23.9 Å². The van der Waals surface area contributed by atoms with Gasteiger partial charge in [0.05, 0.1) is 6.04 Å². The van der Waals surface area contributed by atoms with Gasteiger partial charge in [-0.3, -0.25) is 4.79 Å². The first-order chi connectivity index (χ1) is 12.1. The number of aromatic nitrogens is 1. The Balaban J connectivity index is 1.77. The van der Waals surface area contributed by atoms with E-state index in [1.54, 1.807) is 19.1 Å². The molecule has 3 atom stereocenters. The van der Waals surface area contributed by atoms with E-state index in [0.29, 0.717) is 11.7 Å². The Hall–Kier alpha value is -2.43. The van der Waals surface area contributed by atoms with Gasteiger partial charge in [-0.2, -0.15) is 4.39 Å². The van der Waals surface area contributed by atoms with E-state index in [9.17, 15) is 9.18 Å². The van der Waals surface area contributed by atoms with Crippen LogP contribution in [0.4, 0.5) is 15.9 Å². The molecule has 0 unspecified atom stereocenters. The number of halogens is 1. The lowest BCUT2D eigenvalue weighted by Crippen LogP contribution is -2.51. The molecule has 5 heteroatoms. The highest BCUT2D eigenvalue weighted by molar-refractivity contribution is 5.94. The molecule has 4 rings (SSSR count). The number of nitrogens with zero attached hydrogens (tertiary/aromatic N) is 2. The van der Waals surface area contributed by atoms with Crippen LogP contribution in [0.5, 0.6) is 0 Å². The minimum atomic E-state index is -0.495. The number of carbonyl (C=O) groups excluding carboxylic acids is 1. The highest BCUT2D eigenvalue weighted by atomic mass is 19.1. The number of benzene rings is 1. The molecular formula is C20H22FN3O. The van der Waals surface area contributed by atoms with E-state index in [2.05, 4.69) is 17.2 Å². The minimum Gasteiger partial charge on any atom is -0.363 e. The summed E-state index contributed by atoms with van der Waals surface area (Å²) < 4.78 is 13.5. The molecule has 2 aromatic rings. The third kappa shape index (κ3) is 2.88. The maximum Gasteiger partial charge on any atom is 0.224 e. The summed E-state index contributed by atoms with van der Waals surface area (Å²) in [6.07, 6.45) is 2.32. The van der Waals surface area contributed by atoms with Crippen molar-refractivity contribution in [1.29, 1.82) is 0 Å². The van der Waals surface area contributed by atoms with E-state index in [4.69, 9.17) is 0 Å². The van der Waals surface area contributed by atoms with E-state index in [1.807, 2.05) is 29.2 Å². The quantitative estimate of drug-likeness (QED) is 0.854. The lowest BCUT2D eigenvalue weighted by atomic mass is 9.80. The first-order valence-electron chi connectivity index (χ1n) is 8.84. The molecule has 0 radical (unpaired) electrons. The Morgan fingerprint density at radius 2 is 1.96 bits per heavy atom.